The molecule has 2 aromatic carbocycles. The molecule has 0 spiro atoms. The fourth-order valence-corrected chi connectivity index (χ4v) is 2.78. The molecule has 2 aromatic rings. The highest BCUT2D eigenvalue weighted by Gasteiger charge is 2.24. The van der Waals surface area contributed by atoms with Gasteiger partial charge >= 0.3 is 0 Å². The summed E-state index contributed by atoms with van der Waals surface area (Å²) in [6.07, 6.45) is 3.06. The average Bonchev–Trinajstić information content (AvgIpc) is 2.68. The highest BCUT2D eigenvalue weighted by molar-refractivity contribution is 6.42. The van der Waals surface area contributed by atoms with Crippen molar-refractivity contribution in [2.75, 3.05) is 0 Å². The number of halogens is 4. The summed E-state index contributed by atoms with van der Waals surface area (Å²) in [5.74, 6) is -2.09. The molecule has 0 radical (unpaired) electrons. The molecule has 0 aliphatic rings. The third-order valence-electron chi connectivity index (χ3n) is 3.71. The summed E-state index contributed by atoms with van der Waals surface area (Å²) in [7, 11) is 0. The molecular formula is C19H16Cl4N4O2. The minimum absolute atomic E-state index is 0.266. The normalized spacial score (nSPS) is 11.4. The van der Waals surface area contributed by atoms with Crippen LogP contribution < -0.4 is 10.9 Å². The second kappa shape index (κ2) is 11.2. The lowest BCUT2D eigenvalue weighted by atomic mass is 10.1. The van der Waals surface area contributed by atoms with Gasteiger partial charge in [-0.05, 0) is 41.8 Å². The van der Waals surface area contributed by atoms with Gasteiger partial charge in [0.15, 0.2) is 0 Å². The zero-order valence-electron chi connectivity index (χ0n) is 15.1. The number of nitrogens with one attached hydrogen (secondary N) is 2. The maximum atomic E-state index is 12.2. The Morgan fingerprint density at radius 1 is 0.828 bits per heavy atom. The molecule has 0 fully saturated rings. The number of carbonyl (C=O) groups is 2. The number of hydrogen-bond acceptors (Lipinski definition) is 4. The number of hydrazone groups is 2. The van der Waals surface area contributed by atoms with Crippen molar-refractivity contribution in [3.8, 4) is 0 Å². The summed E-state index contributed by atoms with van der Waals surface area (Å²) in [5, 5.41) is 9.24. The summed E-state index contributed by atoms with van der Waals surface area (Å²) < 4.78 is 0. The fourth-order valence-electron chi connectivity index (χ4n) is 2.17. The molecule has 2 rings (SSSR count). The van der Waals surface area contributed by atoms with Gasteiger partial charge in [0.05, 0.1) is 32.5 Å². The summed E-state index contributed by atoms with van der Waals surface area (Å²) in [6.45, 7) is 1.70. The Bertz CT molecular complexity index is 888. The van der Waals surface area contributed by atoms with E-state index in [-0.39, 0.29) is 6.42 Å². The second-order valence-corrected chi connectivity index (χ2v) is 7.41. The third-order valence-corrected chi connectivity index (χ3v) is 5.18. The summed E-state index contributed by atoms with van der Waals surface area (Å²) in [6, 6.07) is 9.79. The zero-order chi connectivity index (χ0) is 21.4. The van der Waals surface area contributed by atoms with Gasteiger partial charge in [0, 0.05) is 0 Å². The van der Waals surface area contributed by atoms with Crippen LogP contribution >= 0.6 is 46.4 Å². The van der Waals surface area contributed by atoms with Crippen molar-refractivity contribution in [1.82, 2.24) is 10.9 Å². The van der Waals surface area contributed by atoms with E-state index in [0.717, 1.165) is 0 Å². The van der Waals surface area contributed by atoms with E-state index in [1.165, 1.54) is 12.4 Å². The number of amides is 2. The summed E-state index contributed by atoms with van der Waals surface area (Å²) in [4.78, 5) is 24.5. The van der Waals surface area contributed by atoms with Crippen molar-refractivity contribution in [2.24, 2.45) is 16.1 Å². The van der Waals surface area contributed by atoms with E-state index >= 15 is 0 Å². The molecule has 0 aromatic heterocycles. The van der Waals surface area contributed by atoms with Crippen LogP contribution in [0, 0.1) is 5.92 Å². The van der Waals surface area contributed by atoms with Crippen molar-refractivity contribution in [3.05, 3.63) is 67.6 Å². The lowest BCUT2D eigenvalue weighted by molar-refractivity contribution is -0.135. The molecule has 6 nitrogen and oxygen atoms in total. The first-order chi connectivity index (χ1) is 13.8. The monoisotopic (exact) mass is 472 g/mol. The van der Waals surface area contributed by atoms with E-state index in [1.54, 1.807) is 43.3 Å². The van der Waals surface area contributed by atoms with Crippen LogP contribution in [0.25, 0.3) is 0 Å². The van der Waals surface area contributed by atoms with Crippen LogP contribution in [0.4, 0.5) is 0 Å². The van der Waals surface area contributed by atoms with Crippen molar-refractivity contribution in [2.45, 2.75) is 13.3 Å². The van der Waals surface area contributed by atoms with E-state index in [4.69, 9.17) is 46.4 Å². The predicted octanol–water partition coefficient (Wildman–Crippen LogP) is 4.93. The van der Waals surface area contributed by atoms with Crippen LogP contribution in [0.3, 0.4) is 0 Å². The molecule has 2 N–H and O–H groups in total. The van der Waals surface area contributed by atoms with Crippen LogP contribution in [-0.4, -0.2) is 24.2 Å². The quantitative estimate of drug-likeness (QED) is 0.339. The number of rotatable bonds is 7. The molecule has 0 aliphatic heterocycles. The Morgan fingerprint density at radius 3 is 1.59 bits per heavy atom. The topological polar surface area (TPSA) is 82.9 Å². The largest absolute Gasteiger partial charge is 0.272 e. The van der Waals surface area contributed by atoms with E-state index in [9.17, 15) is 9.59 Å². The minimum Gasteiger partial charge on any atom is -0.272 e. The molecule has 10 heteroatoms. The van der Waals surface area contributed by atoms with E-state index in [0.29, 0.717) is 31.2 Å². The van der Waals surface area contributed by atoms with E-state index < -0.39 is 17.7 Å². The molecule has 0 bridgehead atoms. The fraction of sp³-hybridized carbons (Fsp3) is 0.158. The van der Waals surface area contributed by atoms with Crippen LogP contribution in [0.2, 0.25) is 20.1 Å². The van der Waals surface area contributed by atoms with E-state index in [2.05, 4.69) is 21.1 Å². The number of benzene rings is 2. The van der Waals surface area contributed by atoms with Gasteiger partial charge in [-0.25, -0.2) is 10.9 Å². The van der Waals surface area contributed by atoms with Crippen molar-refractivity contribution in [3.63, 3.8) is 0 Å². The summed E-state index contributed by atoms with van der Waals surface area (Å²) in [5.41, 5.74) is 5.94. The number of carbonyl (C=O) groups excluding carboxylic acids is 2. The molecule has 0 saturated carbocycles. The molecule has 29 heavy (non-hydrogen) atoms. The van der Waals surface area contributed by atoms with Crippen molar-refractivity contribution >= 4 is 70.6 Å². The molecule has 0 saturated heterocycles. The first-order valence-electron chi connectivity index (χ1n) is 8.37. The number of nitrogens with zero attached hydrogens (tertiary/aromatic N) is 2. The lowest BCUT2D eigenvalue weighted by Crippen LogP contribution is -2.37. The molecule has 2 amide bonds. The van der Waals surface area contributed by atoms with Gasteiger partial charge in [0.1, 0.15) is 5.92 Å². The average molecular weight is 474 g/mol. The minimum atomic E-state index is -0.966. The van der Waals surface area contributed by atoms with Crippen LogP contribution in [0.5, 0.6) is 0 Å². The molecular weight excluding hydrogens is 458 g/mol. The van der Waals surface area contributed by atoms with E-state index in [1.807, 2.05) is 0 Å². The Hall–Kier alpha value is -2.12. The van der Waals surface area contributed by atoms with Crippen molar-refractivity contribution < 1.29 is 9.59 Å². The highest BCUT2D eigenvalue weighted by atomic mass is 35.5. The Kier molecular flexibility index (Phi) is 8.92. The predicted molar refractivity (Wildman–Crippen MR) is 118 cm³/mol. The first-order valence-corrected chi connectivity index (χ1v) is 9.89. The maximum Gasteiger partial charge on any atom is 0.252 e. The molecule has 0 unspecified atom stereocenters. The van der Waals surface area contributed by atoms with Crippen LogP contribution in [0.1, 0.15) is 24.5 Å². The first kappa shape index (κ1) is 23.2. The SMILES string of the molecule is CCC(C(=O)N/N=C\c1ccc(Cl)c(Cl)c1)C(=O)N/N=C\c1ccc(Cl)c(Cl)c1. The molecule has 0 aliphatic carbocycles. The Morgan fingerprint density at radius 2 is 1.24 bits per heavy atom. The highest BCUT2D eigenvalue weighted by Crippen LogP contribution is 2.22. The smallest absolute Gasteiger partial charge is 0.252 e. The maximum absolute atomic E-state index is 12.2. The van der Waals surface area contributed by atoms with Gasteiger partial charge in [-0.3, -0.25) is 9.59 Å². The molecule has 152 valence electrons. The van der Waals surface area contributed by atoms with Crippen LogP contribution in [0.15, 0.2) is 46.6 Å². The van der Waals surface area contributed by atoms with Gasteiger partial charge in [-0.2, -0.15) is 10.2 Å². The summed E-state index contributed by atoms with van der Waals surface area (Å²) >= 11 is 23.5. The van der Waals surface area contributed by atoms with Crippen LogP contribution in [-0.2, 0) is 9.59 Å². The standard InChI is InChI=1S/C19H16Cl4N4O2/c1-2-13(18(28)26-24-9-11-3-5-14(20)16(22)7-11)19(29)27-25-10-12-4-6-15(21)17(23)8-12/h3-10,13H,2H2,1H3,(H,26,28)(H,27,29)/b24-9-,25-10-. The molecule has 0 atom stereocenters. The van der Waals surface area contributed by atoms with Gasteiger partial charge in [0.25, 0.3) is 11.8 Å². The van der Waals surface area contributed by atoms with Gasteiger partial charge < -0.3 is 0 Å². The zero-order valence-corrected chi connectivity index (χ0v) is 18.1. The molecule has 0 heterocycles. The second-order valence-electron chi connectivity index (χ2n) is 5.78. The van der Waals surface area contributed by atoms with Gasteiger partial charge in [-0.1, -0.05) is 65.5 Å². The Balaban J connectivity index is 1.92. The van der Waals surface area contributed by atoms with Gasteiger partial charge in [-0.15, -0.1) is 0 Å². The van der Waals surface area contributed by atoms with Crippen molar-refractivity contribution in [1.29, 1.82) is 0 Å². The Labute approximate surface area is 187 Å². The van der Waals surface area contributed by atoms with Gasteiger partial charge in [0.2, 0.25) is 0 Å². The lowest BCUT2D eigenvalue weighted by Gasteiger charge is -2.10. The number of hydrogen-bond donors (Lipinski definition) is 2. The third kappa shape index (κ3) is 7.01.